The molecule has 0 radical (unpaired) electrons. The van der Waals surface area contributed by atoms with Crippen molar-refractivity contribution in [3.63, 3.8) is 0 Å². The minimum absolute atomic E-state index is 0.0231. The third kappa shape index (κ3) is 5.81. The normalized spacial score (nSPS) is 14.7. The van der Waals surface area contributed by atoms with Crippen LogP contribution in [0.4, 0.5) is 32.2 Å². The van der Waals surface area contributed by atoms with Crippen molar-refractivity contribution in [2.24, 2.45) is 0 Å². The Morgan fingerprint density at radius 1 is 0.743 bits per heavy atom. The van der Waals surface area contributed by atoms with Crippen LogP contribution >= 0.6 is 0 Å². The Morgan fingerprint density at radius 3 is 1.80 bits per heavy atom. The van der Waals surface area contributed by atoms with Gasteiger partial charge in [0.05, 0.1) is 11.1 Å². The molecule has 6 nitrogen and oxygen atoms in total. The first kappa shape index (κ1) is 24.3. The number of nitrogens with zero attached hydrogens (tertiary/aromatic N) is 4. The van der Waals surface area contributed by atoms with Crippen LogP contribution in [0.2, 0.25) is 0 Å². The third-order valence-corrected chi connectivity index (χ3v) is 5.35. The number of ether oxygens (including phenoxy) is 1. The zero-order valence-electron chi connectivity index (χ0n) is 18.0. The van der Waals surface area contributed by atoms with Gasteiger partial charge in [-0.25, -0.2) is 9.97 Å². The predicted molar refractivity (Wildman–Crippen MR) is 113 cm³/mol. The van der Waals surface area contributed by atoms with Gasteiger partial charge in [-0.3, -0.25) is 4.79 Å². The Bertz CT molecular complexity index is 1160. The first-order chi connectivity index (χ1) is 16.5. The van der Waals surface area contributed by atoms with Gasteiger partial charge >= 0.3 is 12.4 Å². The molecule has 1 aliphatic rings. The molecule has 0 N–H and O–H groups in total. The van der Waals surface area contributed by atoms with Crippen LogP contribution in [0.5, 0.6) is 11.6 Å². The van der Waals surface area contributed by atoms with Crippen molar-refractivity contribution in [3.05, 3.63) is 77.6 Å². The van der Waals surface area contributed by atoms with E-state index in [-0.39, 0.29) is 11.8 Å². The number of carbonyl (C=O) groups excluding carboxylic acids is 1. The number of carbonyl (C=O) groups is 1. The van der Waals surface area contributed by atoms with Gasteiger partial charge in [0.1, 0.15) is 11.6 Å². The lowest BCUT2D eigenvalue weighted by Crippen LogP contribution is -2.49. The molecule has 3 heterocycles. The summed E-state index contributed by atoms with van der Waals surface area (Å²) in [7, 11) is 0. The highest BCUT2D eigenvalue weighted by atomic mass is 19.4. The maximum absolute atomic E-state index is 12.8. The van der Waals surface area contributed by atoms with Gasteiger partial charge < -0.3 is 14.5 Å². The van der Waals surface area contributed by atoms with Crippen molar-refractivity contribution in [2.75, 3.05) is 31.1 Å². The lowest BCUT2D eigenvalue weighted by atomic mass is 10.1. The van der Waals surface area contributed by atoms with Crippen LogP contribution in [-0.4, -0.2) is 47.0 Å². The summed E-state index contributed by atoms with van der Waals surface area (Å²) in [6, 6.07) is 10.3. The summed E-state index contributed by atoms with van der Waals surface area (Å²) in [5.41, 5.74) is -1.32. The second-order valence-electron chi connectivity index (χ2n) is 7.69. The second kappa shape index (κ2) is 9.43. The minimum Gasteiger partial charge on any atom is -0.439 e. The maximum Gasteiger partial charge on any atom is 0.417 e. The number of halogens is 6. The molecule has 0 unspecified atom stereocenters. The summed E-state index contributed by atoms with van der Waals surface area (Å²) in [6.07, 6.45) is -7.48. The van der Waals surface area contributed by atoms with Crippen LogP contribution in [0.1, 0.15) is 21.5 Å². The summed E-state index contributed by atoms with van der Waals surface area (Å²) < 4.78 is 81.4. The van der Waals surface area contributed by atoms with E-state index in [0.717, 1.165) is 24.4 Å². The number of hydrogen-bond donors (Lipinski definition) is 0. The molecule has 1 aromatic carbocycles. The molecule has 1 fully saturated rings. The van der Waals surface area contributed by atoms with Gasteiger partial charge in [-0.15, -0.1) is 0 Å². The molecule has 1 saturated heterocycles. The van der Waals surface area contributed by atoms with Gasteiger partial charge in [-0.05, 0) is 42.5 Å². The fourth-order valence-corrected chi connectivity index (χ4v) is 3.46. The molecule has 2 aromatic heterocycles. The van der Waals surface area contributed by atoms with Crippen molar-refractivity contribution in [1.82, 2.24) is 14.9 Å². The Balaban J connectivity index is 1.32. The molecule has 12 heteroatoms. The number of aromatic nitrogens is 2. The Kier molecular flexibility index (Phi) is 6.55. The lowest BCUT2D eigenvalue weighted by molar-refractivity contribution is -0.138. The number of benzene rings is 1. The molecule has 0 atom stereocenters. The summed E-state index contributed by atoms with van der Waals surface area (Å²) in [5, 5.41) is 0. The fourth-order valence-electron chi connectivity index (χ4n) is 3.46. The molecule has 4 rings (SSSR count). The maximum atomic E-state index is 12.8. The standard InChI is InChI=1S/C23H18F6N4O2/c24-22(25,26)16-3-7-19(30-13-16)32-9-11-33(12-10-32)21(34)15-1-5-18(6-2-15)35-20-8-4-17(14-31-20)23(27,28)29/h1-8,13-14H,9-12H2. The van der Waals surface area contributed by atoms with Crippen molar-refractivity contribution >= 4 is 11.7 Å². The van der Waals surface area contributed by atoms with Crippen molar-refractivity contribution in [3.8, 4) is 11.6 Å². The van der Waals surface area contributed by atoms with Crippen molar-refractivity contribution < 1.29 is 35.9 Å². The van der Waals surface area contributed by atoms with E-state index < -0.39 is 23.5 Å². The fraction of sp³-hybridized carbons (Fsp3) is 0.261. The van der Waals surface area contributed by atoms with Gasteiger partial charge in [0.25, 0.3) is 5.91 Å². The van der Waals surface area contributed by atoms with Crippen LogP contribution in [0.3, 0.4) is 0 Å². The van der Waals surface area contributed by atoms with E-state index >= 15 is 0 Å². The van der Waals surface area contributed by atoms with E-state index in [2.05, 4.69) is 9.97 Å². The van der Waals surface area contributed by atoms with Crippen molar-refractivity contribution in [2.45, 2.75) is 12.4 Å². The molecule has 0 spiro atoms. The summed E-state index contributed by atoms with van der Waals surface area (Å²) in [4.78, 5) is 23.8. The zero-order valence-corrected chi connectivity index (χ0v) is 18.0. The predicted octanol–water partition coefficient (Wildman–Crippen LogP) is 5.27. The highest BCUT2D eigenvalue weighted by Crippen LogP contribution is 2.31. The van der Waals surface area contributed by atoms with Crippen LogP contribution in [0, 0.1) is 0 Å². The van der Waals surface area contributed by atoms with Gasteiger partial charge in [-0.2, -0.15) is 26.3 Å². The number of hydrogen-bond acceptors (Lipinski definition) is 5. The van der Waals surface area contributed by atoms with E-state index in [0.29, 0.717) is 49.5 Å². The van der Waals surface area contributed by atoms with Gasteiger partial charge in [-0.1, -0.05) is 0 Å². The van der Waals surface area contributed by atoms with Crippen LogP contribution in [0.25, 0.3) is 0 Å². The molecule has 0 aliphatic carbocycles. The quantitative estimate of drug-likeness (QED) is 0.461. The number of alkyl halides is 6. The van der Waals surface area contributed by atoms with Gasteiger partial charge in [0.15, 0.2) is 0 Å². The molecular weight excluding hydrogens is 478 g/mol. The molecular formula is C23H18F6N4O2. The van der Waals surface area contributed by atoms with Gasteiger partial charge in [0, 0.05) is 50.2 Å². The average molecular weight is 496 g/mol. The van der Waals surface area contributed by atoms with Crippen LogP contribution in [0.15, 0.2) is 60.9 Å². The van der Waals surface area contributed by atoms with Crippen molar-refractivity contribution in [1.29, 1.82) is 0 Å². The average Bonchev–Trinajstić information content (AvgIpc) is 2.83. The highest BCUT2D eigenvalue weighted by Gasteiger charge is 2.32. The van der Waals surface area contributed by atoms with E-state index in [1.807, 2.05) is 0 Å². The van der Waals surface area contributed by atoms with E-state index in [9.17, 15) is 31.1 Å². The first-order valence-electron chi connectivity index (χ1n) is 10.4. The largest absolute Gasteiger partial charge is 0.439 e. The third-order valence-electron chi connectivity index (χ3n) is 5.35. The number of piperazine rings is 1. The number of amides is 1. The summed E-state index contributed by atoms with van der Waals surface area (Å²) >= 11 is 0. The highest BCUT2D eigenvalue weighted by molar-refractivity contribution is 5.94. The molecule has 184 valence electrons. The minimum atomic E-state index is -4.49. The van der Waals surface area contributed by atoms with Crippen LogP contribution < -0.4 is 9.64 Å². The lowest BCUT2D eigenvalue weighted by Gasteiger charge is -2.35. The number of rotatable bonds is 4. The number of pyridine rings is 2. The van der Waals surface area contributed by atoms with E-state index in [4.69, 9.17) is 4.74 Å². The monoisotopic (exact) mass is 496 g/mol. The Morgan fingerprint density at radius 2 is 1.31 bits per heavy atom. The molecule has 0 saturated carbocycles. The number of anilines is 1. The smallest absolute Gasteiger partial charge is 0.417 e. The molecule has 3 aromatic rings. The summed E-state index contributed by atoms with van der Waals surface area (Å²) in [6.45, 7) is 1.53. The topological polar surface area (TPSA) is 58.6 Å². The van der Waals surface area contributed by atoms with Gasteiger partial charge in [0.2, 0.25) is 5.88 Å². The van der Waals surface area contributed by atoms with Crippen LogP contribution in [-0.2, 0) is 12.4 Å². The molecule has 0 bridgehead atoms. The zero-order chi connectivity index (χ0) is 25.2. The van der Waals surface area contributed by atoms with E-state index in [1.165, 1.54) is 30.3 Å². The molecule has 1 amide bonds. The molecule has 35 heavy (non-hydrogen) atoms. The Hall–Kier alpha value is -3.83. The summed E-state index contributed by atoms with van der Waals surface area (Å²) in [5.74, 6) is 0.449. The SMILES string of the molecule is O=C(c1ccc(Oc2ccc(C(F)(F)F)cn2)cc1)N1CCN(c2ccc(C(F)(F)F)cn2)CC1. The van der Waals surface area contributed by atoms with E-state index in [1.54, 1.807) is 9.80 Å². The Labute approximate surface area is 195 Å². The molecule has 1 aliphatic heterocycles. The first-order valence-corrected chi connectivity index (χ1v) is 10.4. The second-order valence-corrected chi connectivity index (χ2v) is 7.69.